The molecular weight excluding hydrogens is 286 g/mol. The molecule has 2 aromatic heterocycles. The average molecular weight is 299 g/mol. The van der Waals surface area contributed by atoms with Crippen LogP contribution in [0.15, 0.2) is 41.2 Å². The van der Waals surface area contributed by atoms with E-state index in [1.165, 1.54) is 18.1 Å². The molecule has 0 aliphatic heterocycles. The van der Waals surface area contributed by atoms with Crippen molar-refractivity contribution in [1.82, 2.24) is 24.9 Å². The number of aromatic nitrogens is 5. The summed E-state index contributed by atoms with van der Waals surface area (Å²) in [4.78, 5) is 19.4. The summed E-state index contributed by atoms with van der Waals surface area (Å²) in [5, 5.41) is 7.87. The molecule has 0 fully saturated rings. The van der Waals surface area contributed by atoms with E-state index in [0.29, 0.717) is 18.1 Å². The average Bonchev–Trinajstić information content (AvgIpc) is 3.18. The van der Waals surface area contributed by atoms with E-state index in [1.807, 2.05) is 30.3 Å². The summed E-state index contributed by atoms with van der Waals surface area (Å²) >= 11 is 0. The van der Waals surface area contributed by atoms with E-state index in [4.69, 9.17) is 4.52 Å². The van der Waals surface area contributed by atoms with E-state index in [0.717, 1.165) is 5.56 Å². The zero-order valence-electron chi connectivity index (χ0n) is 11.8. The highest BCUT2D eigenvalue weighted by atomic mass is 16.5. The van der Waals surface area contributed by atoms with Crippen molar-refractivity contribution in [1.29, 1.82) is 0 Å². The van der Waals surface area contributed by atoms with E-state index in [1.54, 1.807) is 0 Å². The Kier molecular flexibility index (Phi) is 3.90. The molecule has 3 rings (SSSR count). The highest BCUT2D eigenvalue weighted by Gasteiger charge is 2.13. The molecule has 0 bridgehead atoms. The van der Waals surface area contributed by atoms with Gasteiger partial charge >= 0.3 is 5.97 Å². The zero-order valence-corrected chi connectivity index (χ0v) is 11.8. The molecule has 0 N–H and O–H groups in total. The van der Waals surface area contributed by atoms with Gasteiger partial charge in [-0.05, 0) is 5.56 Å². The van der Waals surface area contributed by atoms with Crippen molar-refractivity contribution < 1.29 is 14.1 Å². The monoisotopic (exact) mass is 299 g/mol. The van der Waals surface area contributed by atoms with Crippen LogP contribution in [0.5, 0.6) is 0 Å². The predicted molar refractivity (Wildman–Crippen MR) is 74.0 cm³/mol. The smallest absolute Gasteiger partial charge is 0.377 e. The molecule has 112 valence electrons. The third-order valence-electron chi connectivity index (χ3n) is 2.92. The summed E-state index contributed by atoms with van der Waals surface area (Å²) in [6.45, 7) is 0.266. The number of nitrogens with zero attached hydrogens (tertiary/aromatic N) is 5. The first-order valence-electron chi connectivity index (χ1n) is 6.58. The maximum Gasteiger partial charge on any atom is 0.377 e. The topological polar surface area (TPSA) is 95.9 Å². The van der Waals surface area contributed by atoms with Gasteiger partial charge in [0.25, 0.3) is 5.82 Å². The molecule has 0 aliphatic carbocycles. The van der Waals surface area contributed by atoms with Crippen molar-refractivity contribution in [2.24, 2.45) is 0 Å². The van der Waals surface area contributed by atoms with Crippen LogP contribution in [0.3, 0.4) is 0 Å². The Morgan fingerprint density at radius 3 is 2.91 bits per heavy atom. The van der Waals surface area contributed by atoms with Gasteiger partial charge in [0.2, 0.25) is 5.89 Å². The summed E-state index contributed by atoms with van der Waals surface area (Å²) in [5.74, 6) is 0.397. The molecular formula is C14H13N5O3. The highest BCUT2D eigenvalue weighted by molar-refractivity contribution is 5.84. The van der Waals surface area contributed by atoms with Crippen LogP contribution in [0.1, 0.15) is 27.9 Å². The van der Waals surface area contributed by atoms with Crippen LogP contribution >= 0.6 is 0 Å². The number of methoxy groups -OCH3 is 1. The van der Waals surface area contributed by atoms with Crippen LogP contribution in [0, 0.1) is 0 Å². The van der Waals surface area contributed by atoms with Crippen molar-refractivity contribution in [3.8, 4) is 0 Å². The lowest BCUT2D eigenvalue weighted by Gasteiger charge is -1.95. The SMILES string of the molecule is COC(=O)c1ncn(Cc2noc(Cc3ccccc3)n2)n1. The predicted octanol–water partition coefficient (Wildman–Crippen LogP) is 1.09. The number of carbonyl (C=O) groups is 1. The molecule has 0 atom stereocenters. The molecule has 22 heavy (non-hydrogen) atoms. The lowest BCUT2D eigenvalue weighted by Crippen LogP contribution is -2.07. The first kappa shape index (κ1) is 13.9. The van der Waals surface area contributed by atoms with Gasteiger partial charge in [-0.3, -0.25) is 0 Å². The Bertz CT molecular complexity index is 766. The van der Waals surface area contributed by atoms with Gasteiger partial charge in [-0.1, -0.05) is 35.5 Å². The van der Waals surface area contributed by atoms with E-state index in [9.17, 15) is 4.79 Å². The third kappa shape index (κ3) is 3.17. The van der Waals surface area contributed by atoms with E-state index < -0.39 is 5.97 Å². The maximum absolute atomic E-state index is 11.3. The number of carbonyl (C=O) groups excluding carboxylic acids is 1. The lowest BCUT2D eigenvalue weighted by molar-refractivity contribution is 0.0586. The summed E-state index contributed by atoms with van der Waals surface area (Å²) in [5.41, 5.74) is 1.09. The second kappa shape index (κ2) is 6.17. The second-order valence-corrected chi connectivity index (χ2v) is 4.52. The molecule has 8 nitrogen and oxygen atoms in total. The quantitative estimate of drug-likeness (QED) is 0.650. The molecule has 0 unspecified atom stereocenters. The lowest BCUT2D eigenvalue weighted by atomic mass is 10.1. The fourth-order valence-electron chi connectivity index (χ4n) is 1.90. The number of ether oxygens (including phenoxy) is 1. The molecule has 8 heteroatoms. The fraction of sp³-hybridized carbons (Fsp3) is 0.214. The van der Waals surface area contributed by atoms with Crippen molar-refractivity contribution in [3.05, 3.63) is 59.8 Å². The molecule has 0 radical (unpaired) electrons. The number of hydrogen-bond acceptors (Lipinski definition) is 7. The first-order valence-corrected chi connectivity index (χ1v) is 6.58. The van der Waals surface area contributed by atoms with Gasteiger partial charge in [0, 0.05) is 0 Å². The molecule has 1 aromatic carbocycles. The normalized spacial score (nSPS) is 10.6. The summed E-state index contributed by atoms with van der Waals surface area (Å²) in [6.07, 6.45) is 1.98. The zero-order chi connectivity index (χ0) is 15.4. The number of hydrogen-bond donors (Lipinski definition) is 0. The fourth-order valence-corrected chi connectivity index (χ4v) is 1.90. The molecule has 0 saturated heterocycles. The number of benzene rings is 1. The minimum absolute atomic E-state index is 0.00416. The Balaban J connectivity index is 1.66. The van der Waals surface area contributed by atoms with E-state index in [2.05, 4.69) is 25.0 Å². The van der Waals surface area contributed by atoms with Gasteiger partial charge in [-0.25, -0.2) is 14.5 Å². The van der Waals surface area contributed by atoms with Gasteiger partial charge in [-0.15, -0.1) is 5.10 Å². The van der Waals surface area contributed by atoms with Gasteiger partial charge < -0.3 is 9.26 Å². The first-order chi connectivity index (χ1) is 10.7. The van der Waals surface area contributed by atoms with Crippen LogP contribution in [-0.2, 0) is 17.7 Å². The van der Waals surface area contributed by atoms with Crippen LogP contribution < -0.4 is 0 Å². The molecule has 3 aromatic rings. The van der Waals surface area contributed by atoms with Crippen molar-refractivity contribution >= 4 is 5.97 Å². The largest absolute Gasteiger partial charge is 0.463 e. The molecule has 0 spiro atoms. The highest BCUT2D eigenvalue weighted by Crippen LogP contribution is 2.08. The standard InChI is InChI=1S/C14H13N5O3/c1-21-14(20)13-15-9-19(17-13)8-11-16-12(22-18-11)7-10-5-3-2-4-6-10/h2-6,9H,7-8H2,1H3. The van der Waals surface area contributed by atoms with Crippen molar-refractivity contribution in [3.63, 3.8) is 0 Å². The summed E-state index contributed by atoms with van der Waals surface area (Å²) < 4.78 is 11.2. The van der Waals surface area contributed by atoms with Gasteiger partial charge in [0.1, 0.15) is 12.9 Å². The van der Waals surface area contributed by atoms with E-state index >= 15 is 0 Å². The van der Waals surface area contributed by atoms with Gasteiger partial charge in [0.15, 0.2) is 5.82 Å². The Hall–Kier alpha value is -3.03. The summed E-state index contributed by atoms with van der Waals surface area (Å²) in [6, 6.07) is 9.84. The Labute approximate surface area is 125 Å². The van der Waals surface area contributed by atoms with Crippen LogP contribution in [0.25, 0.3) is 0 Å². The van der Waals surface area contributed by atoms with Crippen molar-refractivity contribution in [2.75, 3.05) is 7.11 Å². The van der Waals surface area contributed by atoms with Crippen LogP contribution in [0.2, 0.25) is 0 Å². The van der Waals surface area contributed by atoms with Crippen LogP contribution in [0.4, 0.5) is 0 Å². The number of esters is 1. The minimum atomic E-state index is -0.586. The molecule has 0 amide bonds. The second-order valence-electron chi connectivity index (χ2n) is 4.52. The van der Waals surface area contributed by atoms with Crippen LogP contribution in [-0.4, -0.2) is 38.0 Å². The van der Waals surface area contributed by atoms with Crippen molar-refractivity contribution in [2.45, 2.75) is 13.0 Å². The molecule has 2 heterocycles. The van der Waals surface area contributed by atoms with E-state index in [-0.39, 0.29) is 12.4 Å². The summed E-state index contributed by atoms with van der Waals surface area (Å²) in [7, 11) is 1.28. The number of rotatable bonds is 5. The Morgan fingerprint density at radius 2 is 2.14 bits per heavy atom. The Morgan fingerprint density at radius 1 is 1.32 bits per heavy atom. The molecule has 0 aliphatic rings. The maximum atomic E-state index is 11.3. The van der Waals surface area contributed by atoms with Gasteiger partial charge in [-0.2, -0.15) is 4.98 Å². The van der Waals surface area contributed by atoms with Gasteiger partial charge in [0.05, 0.1) is 13.5 Å². The minimum Gasteiger partial charge on any atom is -0.463 e. The molecule has 0 saturated carbocycles. The third-order valence-corrected chi connectivity index (χ3v) is 2.92.